The van der Waals surface area contributed by atoms with Gasteiger partial charge in [0.15, 0.2) is 0 Å². The Morgan fingerprint density at radius 1 is 1.21 bits per heavy atom. The molecule has 0 spiro atoms. The summed E-state index contributed by atoms with van der Waals surface area (Å²) in [7, 11) is 0. The third kappa shape index (κ3) is 4.15. The standard InChI is InChI=1S/C15H30N2O2/c1-12(2)17-10-13-4-3-5-14(11-17)15(13)16-6-8-19-9-7-18/h12-16,18H,3-11H2,1-2H3. The van der Waals surface area contributed by atoms with Crippen molar-refractivity contribution in [3.05, 3.63) is 0 Å². The van der Waals surface area contributed by atoms with Crippen LogP contribution in [0.15, 0.2) is 0 Å². The Morgan fingerprint density at radius 2 is 1.89 bits per heavy atom. The van der Waals surface area contributed by atoms with Gasteiger partial charge in [-0.1, -0.05) is 6.42 Å². The quantitative estimate of drug-likeness (QED) is 0.680. The normalized spacial score (nSPS) is 31.9. The fourth-order valence-corrected chi connectivity index (χ4v) is 3.69. The first kappa shape index (κ1) is 15.2. The molecular formula is C15H30N2O2. The fraction of sp³-hybridized carbons (Fsp3) is 1.00. The molecule has 2 bridgehead atoms. The van der Waals surface area contributed by atoms with E-state index in [0.29, 0.717) is 25.3 Å². The van der Waals surface area contributed by atoms with E-state index >= 15 is 0 Å². The molecule has 2 fully saturated rings. The van der Waals surface area contributed by atoms with E-state index in [2.05, 4.69) is 24.1 Å². The monoisotopic (exact) mass is 270 g/mol. The van der Waals surface area contributed by atoms with Crippen molar-refractivity contribution in [2.75, 3.05) is 39.5 Å². The van der Waals surface area contributed by atoms with Crippen LogP contribution >= 0.6 is 0 Å². The molecule has 0 radical (unpaired) electrons. The molecule has 0 aromatic heterocycles. The zero-order valence-electron chi connectivity index (χ0n) is 12.5. The van der Waals surface area contributed by atoms with Crippen LogP contribution in [0.4, 0.5) is 0 Å². The number of likely N-dealkylation sites (tertiary alicyclic amines) is 1. The molecule has 2 rings (SSSR count). The topological polar surface area (TPSA) is 44.7 Å². The van der Waals surface area contributed by atoms with Crippen LogP contribution in [0.3, 0.4) is 0 Å². The summed E-state index contributed by atoms with van der Waals surface area (Å²) in [5.74, 6) is 1.63. The van der Waals surface area contributed by atoms with Crippen molar-refractivity contribution in [2.24, 2.45) is 11.8 Å². The van der Waals surface area contributed by atoms with E-state index < -0.39 is 0 Å². The number of nitrogens with one attached hydrogen (secondary N) is 1. The number of rotatable bonds is 7. The Bertz CT molecular complexity index is 247. The first-order valence-electron chi connectivity index (χ1n) is 7.88. The summed E-state index contributed by atoms with van der Waals surface area (Å²) in [6, 6.07) is 1.36. The minimum Gasteiger partial charge on any atom is -0.394 e. The largest absolute Gasteiger partial charge is 0.394 e. The lowest BCUT2D eigenvalue weighted by molar-refractivity contribution is 0.0241. The van der Waals surface area contributed by atoms with E-state index in [4.69, 9.17) is 9.84 Å². The molecular weight excluding hydrogens is 240 g/mol. The smallest absolute Gasteiger partial charge is 0.0698 e. The fourth-order valence-electron chi connectivity index (χ4n) is 3.69. The highest BCUT2D eigenvalue weighted by Crippen LogP contribution is 2.35. The van der Waals surface area contributed by atoms with E-state index in [9.17, 15) is 0 Å². The highest BCUT2D eigenvalue weighted by atomic mass is 16.5. The van der Waals surface area contributed by atoms with Crippen LogP contribution in [0.25, 0.3) is 0 Å². The Kier molecular flexibility index (Phi) is 6.07. The molecule has 1 saturated carbocycles. The average molecular weight is 270 g/mol. The molecule has 0 amide bonds. The summed E-state index contributed by atoms with van der Waals surface area (Å²) in [5.41, 5.74) is 0. The lowest BCUT2D eigenvalue weighted by Gasteiger charge is -2.49. The van der Waals surface area contributed by atoms with Crippen LogP contribution in [0.5, 0.6) is 0 Å². The van der Waals surface area contributed by atoms with Crippen LogP contribution in [0.2, 0.25) is 0 Å². The Hall–Kier alpha value is -0.160. The van der Waals surface area contributed by atoms with Crippen molar-refractivity contribution in [3.63, 3.8) is 0 Å². The van der Waals surface area contributed by atoms with E-state index in [1.54, 1.807) is 0 Å². The highest BCUT2D eigenvalue weighted by Gasteiger charge is 2.39. The highest BCUT2D eigenvalue weighted by molar-refractivity contribution is 4.95. The molecule has 2 aliphatic rings. The lowest BCUT2D eigenvalue weighted by atomic mass is 9.73. The van der Waals surface area contributed by atoms with Gasteiger partial charge in [0.25, 0.3) is 0 Å². The number of fused-ring (bicyclic) bond motifs is 2. The van der Waals surface area contributed by atoms with Crippen molar-refractivity contribution < 1.29 is 9.84 Å². The van der Waals surface area contributed by atoms with Gasteiger partial charge in [0.2, 0.25) is 0 Å². The summed E-state index contributed by atoms with van der Waals surface area (Å²) in [6.07, 6.45) is 4.14. The average Bonchev–Trinajstić information content (AvgIpc) is 2.37. The molecule has 2 unspecified atom stereocenters. The van der Waals surface area contributed by atoms with E-state index in [1.807, 2.05) is 0 Å². The molecule has 1 aliphatic heterocycles. The number of hydrogen-bond donors (Lipinski definition) is 2. The molecule has 1 saturated heterocycles. The first-order chi connectivity index (χ1) is 9.22. The predicted octanol–water partition coefficient (Wildman–Crippen LogP) is 1.09. The van der Waals surface area contributed by atoms with Gasteiger partial charge >= 0.3 is 0 Å². The molecule has 2 N–H and O–H groups in total. The molecule has 4 heteroatoms. The Morgan fingerprint density at radius 3 is 2.47 bits per heavy atom. The number of hydrogen-bond acceptors (Lipinski definition) is 4. The lowest BCUT2D eigenvalue weighted by Crippen LogP contribution is -2.58. The van der Waals surface area contributed by atoms with Gasteiger partial charge in [-0.3, -0.25) is 0 Å². The van der Waals surface area contributed by atoms with Gasteiger partial charge < -0.3 is 20.1 Å². The van der Waals surface area contributed by atoms with Gasteiger partial charge in [0, 0.05) is 31.7 Å². The molecule has 0 aromatic carbocycles. The second-order valence-corrected chi connectivity index (χ2v) is 6.31. The van der Waals surface area contributed by atoms with Crippen LogP contribution < -0.4 is 5.32 Å². The van der Waals surface area contributed by atoms with Gasteiger partial charge in [0.05, 0.1) is 19.8 Å². The second-order valence-electron chi connectivity index (χ2n) is 6.31. The summed E-state index contributed by atoms with van der Waals surface area (Å²) in [6.45, 7) is 9.34. The van der Waals surface area contributed by atoms with Gasteiger partial charge in [0.1, 0.15) is 0 Å². The van der Waals surface area contributed by atoms with Crippen LogP contribution in [0.1, 0.15) is 33.1 Å². The predicted molar refractivity (Wildman–Crippen MR) is 77.2 cm³/mol. The maximum absolute atomic E-state index is 8.68. The van der Waals surface area contributed by atoms with Crippen molar-refractivity contribution in [2.45, 2.75) is 45.2 Å². The SMILES string of the molecule is CC(C)N1CC2CCCC(C1)C2NCCOCCO. The van der Waals surface area contributed by atoms with Crippen molar-refractivity contribution in [1.82, 2.24) is 10.2 Å². The first-order valence-corrected chi connectivity index (χ1v) is 7.88. The van der Waals surface area contributed by atoms with Crippen molar-refractivity contribution in [1.29, 1.82) is 0 Å². The minimum absolute atomic E-state index is 0.123. The van der Waals surface area contributed by atoms with Crippen LogP contribution in [-0.2, 0) is 4.74 Å². The minimum atomic E-state index is 0.123. The summed E-state index contributed by atoms with van der Waals surface area (Å²) in [5, 5.41) is 12.4. The maximum atomic E-state index is 8.68. The summed E-state index contributed by atoms with van der Waals surface area (Å²) in [4.78, 5) is 2.65. The number of aliphatic hydroxyl groups is 1. The third-order valence-corrected chi connectivity index (χ3v) is 4.70. The van der Waals surface area contributed by atoms with Crippen molar-refractivity contribution >= 4 is 0 Å². The zero-order chi connectivity index (χ0) is 13.7. The third-order valence-electron chi connectivity index (χ3n) is 4.70. The summed E-state index contributed by atoms with van der Waals surface area (Å²) < 4.78 is 5.33. The van der Waals surface area contributed by atoms with Gasteiger partial charge in [-0.05, 0) is 38.5 Å². The Balaban J connectivity index is 1.77. The molecule has 19 heavy (non-hydrogen) atoms. The molecule has 1 heterocycles. The molecule has 4 nitrogen and oxygen atoms in total. The number of aliphatic hydroxyl groups excluding tert-OH is 1. The van der Waals surface area contributed by atoms with Crippen LogP contribution in [-0.4, -0.2) is 61.5 Å². The van der Waals surface area contributed by atoms with Gasteiger partial charge in [-0.25, -0.2) is 0 Å². The molecule has 0 aromatic rings. The Labute approximate surface area is 117 Å². The van der Waals surface area contributed by atoms with E-state index in [1.165, 1.54) is 32.4 Å². The zero-order valence-corrected chi connectivity index (χ0v) is 12.5. The second kappa shape index (κ2) is 7.58. The van der Waals surface area contributed by atoms with Crippen molar-refractivity contribution in [3.8, 4) is 0 Å². The van der Waals surface area contributed by atoms with Gasteiger partial charge in [-0.15, -0.1) is 0 Å². The van der Waals surface area contributed by atoms with Gasteiger partial charge in [-0.2, -0.15) is 0 Å². The van der Waals surface area contributed by atoms with E-state index in [0.717, 1.165) is 18.4 Å². The van der Waals surface area contributed by atoms with Crippen LogP contribution in [0, 0.1) is 11.8 Å². The maximum Gasteiger partial charge on any atom is 0.0698 e. The molecule has 2 atom stereocenters. The molecule has 1 aliphatic carbocycles. The number of ether oxygens (including phenoxy) is 1. The number of piperidine rings is 1. The molecule has 112 valence electrons. The number of nitrogens with zero attached hydrogens (tertiary/aromatic N) is 1. The summed E-state index contributed by atoms with van der Waals surface area (Å²) >= 11 is 0. The van der Waals surface area contributed by atoms with E-state index in [-0.39, 0.29) is 6.61 Å².